The summed E-state index contributed by atoms with van der Waals surface area (Å²) in [5.41, 5.74) is 2.47. The lowest BCUT2D eigenvalue weighted by atomic mass is 10.1. The first-order chi connectivity index (χ1) is 13.2. The Balaban J connectivity index is 1.70. The van der Waals surface area contributed by atoms with E-state index in [1.807, 2.05) is 12.1 Å². The molecule has 0 aromatic heterocycles. The Hall–Kier alpha value is -3.91. The number of esters is 1. The number of carbonyl (C=O) groups is 2. The van der Waals surface area contributed by atoms with Crippen molar-refractivity contribution >= 4 is 17.6 Å². The number of carbonyl (C=O) groups excluding carboxylic acids is 2. The highest BCUT2D eigenvalue weighted by atomic mass is 16.5. The van der Waals surface area contributed by atoms with Gasteiger partial charge in [0.1, 0.15) is 6.61 Å². The maximum absolute atomic E-state index is 12.5. The highest BCUT2D eigenvalue weighted by Crippen LogP contribution is 2.18. The summed E-state index contributed by atoms with van der Waals surface area (Å²) >= 11 is 0. The average molecular weight is 356 g/mol. The van der Waals surface area contributed by atoms with E-state index in [0.717, 1.165) is 5.56 Å². The molecule has 0 aliphatic carbocycles. The van der Waals surface area contributed by atoms with Gasteiger partial charge >= 0.3 is 5.97 Å². The zero-order valence-electron chi connectivity index (χ0n) is 14.4. The van der Waals surface area contributed by atoms with E-state index in [-0.39, 0.29) is 18.1 Å². The van der Waals surface area contributed by atoms with E-state index in [1.54, 1.807) is 72.8 Å². The molecule has 0 unspecified atom stereocenters. The molecule has 0 bridgehead atoms. The Morgan fingerprint density at radius 3 is 2.26 bits per heavy atom. The summed E-state index contributed by atoms with van der Waals surface area (Å²) in [7, 11) is 0. The monoisotopic (exact) mass is 356 g/mol. The van der Waals surface area contributed by atoms with Crippen LogP contribution in [-0.2, 0) is 11.3 Å². The van der Waals surface area contributed by atoms with Crippen LogP contribution >= 0.6 is 0 Å². The minimum Gasteiger partial charge on any atom is -0.457 e. The number of para-hydroxylation sites is 1. The molecule has 3 aromatic carbocycles. The molecule has 0 heterocycles. The van der Waals surface area contributed by atoms with Crippen LogP contribution in [0.2, 0.25) is 0 Å². The molecular weight excluding hydrogens is 340 g/mol. The van der Waals surface area contributed by atoms with Crippen LogP contribution in [0.3, 0.4) is 0 Å². The van der Waals surface area contributed by atoms with Crippen molar-refractivity contribution in [3.8, 4) is 6.07 Å². The Kier molecular flexibility index (Phi) is 5.60. The van der Waals surface area contributed by atoms with Gasteiger partial charge in [0.2, 0.25) is 0 Å². The number of nitrogens with one attached hydrogen (secondary N) is 1. The number of amides is 1. The van der Waals surface area contributed by atoms with Crippen LogP contribution in [0, 0.1) is 11.3 Å². The van der Waals surface area contributed by atoms with E-state index < -0.39 is 5.97 Å². The predicted molar refractivity (Wildman–Crippen MR) is 101 cm³/mol. The van der Waals surface area contributed by atoms with Gasteiger partial charge in [0.25, 0.3) is 5.91 Å². The molecule has 5 nitrogen and oxygen atoms in total. The molecule has 0 aliphatic heterocycles. The van der Waals surface area contributed by atoms with Gasteiger partial charge in [-0.2, -0.15) is 5.26 Å². The second-order valence-electron chi connectivity index (χ2n) is 5.75. The van der Waals surface area contributed by atoms with Gasteiger partial charge in [0, 0.05) is 5.56 Å². The summed E-state index contributed by atoms with van der Waals surface area (Å²) in [5.74, 6) is -0.841. The lowest BCUT2D eigenvalue weighted by Crippen LogP contribution is -2.15. The van der Waals surface area contributed by atoms with Gasteiger partial charge in [0.05, 0.1) is 22.9 Å². The second kappa shape index (κ2) is 8.45. The van der Waals surface area contributed by atoms with E-state index in [0.29, 0.717) is 16.8 Å². The third-order valence-electron chi connectivity index (χ3n) is 3.88. The third kappa shape index (κ3) is 4.59. The molecule has 132 valence electrons. The molecule has 0 spiro atoms. The van der Waals surface area contributed by atoms with E-state index in [4.69, 9.17) is 10.00 Å². The van der Waals surface area contributed by atoms with E-state index >= 15 is 0 Å². The van der Waals surface area contributed by atoms with Crippen LogP contribution in [-0.4, -0.2) is 11.9 Å². The van der Waals surface area contributed by atoms with E-state index in [1.165, 1.54) is 0 Å². The Labute approximate surface area is 156 Å². The molecule has 1 amide bonds. The van der Waals surface area contributed by atoms with Gasteiger partial charge in [-0.05, 0) is 42.0 Å². The first-order valence-electron chi connectivity index (χ1n) is 8.29. The Morgan fingerprint density at radius 2 is 1.56 bits per heavy atom. The SMILES string of the molecule is N#Cc1ccc(COC(=O)c2ccccc2NC(=O)c2ccccc2)cc1. The number of hydrogen-bond donors (Lipinski definition) is 1. The minimum absolute atomic E-state index is 0.0749. The van der Waals surface area contributed by atoms with Gasteiger partial charge in [0.15, 0.2) is 0 Å². The van der Waals surface area contributed by atoms with Gasteiger partial charge in [-0.1, -0.05) is 42.5 Å². The number of anilines is 1. The van der Waals surface area contributed by atoms with Crippen LogP contribution in [0.4, 0.5) is 5.69 Å². The topological polar surface area (TPSA) is 79.2 Å². The van der Waals surface area contributed by atoms with Gasteiger partial charge < -0.3 is 10.1 Å². The Bertz CT molecular complexity index is 990. The maximum Gasteiger partial charge on any atom is 0.340 e. The fourth-order valence-electron chi connectivity index (χ4n) is 2.46. The summed E-state index contributed by atoms with van der Waals surface area (Å²) in [6.07, 6.45) is 0. The second-order valence-corrected chi connectivity index (χ2v) is 5.75. The largest absolute Gasteiger partial charge is 0.457 e. The summed E-state index contributed by atoms with van der Waals surface area (Å²) in [6.45, 7) is 0.0749. The molecular formula is C22H16N2O3. The number of nitriles is 1. The zero-order valence-corrected chi connectivity index (χ0v) is 14.4. The number of ether oxygens (including phenoxy) is 1. The van der Waals surface area contributed by atoms with Crippen molar-refractivity contribution in [3.05, 3.63) is 101 Å². The normalized spacial score (nSPS) is 9.89. The molecule has 0 saturated carbocycles. The van der Waals surface area contributed by atoms with E-state index in [9.17, 15) is 9.59 Å². The first-order valence-corrected chi connectivity index (χ1v) is 8.29. The molecule has 0 radical (unpaired) electrons. The fourth-order valence-corrected chi connectivity index (χ4v) is 2.46. The summed E-state index contributed by atoms with van der Waals surface area (Å²) in [5, 5.41) is 11.6. The molecule has 1 N–H and O–H groups in total. The number of hydrogen-bond acceptors (Lipinski definition) is 4. The van der Waals surface area contributed by atoms with Crippen LogP contribution < -0.4 is 5.32 Å². The molecule has 5 heteroatoms. The third-order valence-corrected chi connectivity index (χ3v) is 3.88. The van der Waals surface area contributed by atoms with Crippen LogP contribution in [0.25, 0.3) is 0 Å². The molecule has 3 aromatic rings. The number of benzene rings is 3. The summed E-state index contributed by atoms with van der Waals surface area (Å²) < 4.78 is 5.34. The van der Waals surface area contributed by atoms with E-state index in [2.05, 4.69) is 5.32 Å². The summed E-state index contributed by atoms with van der Waals surface area (Å²) in [6, 6.07) is 24.3. The van der Waals surface area contributed by atoms with Gasteiger partial charge in [-0.15, -0.1) is 0 Å². The molecule has 0 aliphatic rings. The highest BCUT2D eigenvalue weighted by Gasteiger charge is 2.15. The van der Waals surface area contributed by atoms with Gasteiger partial charge in [-0.3, -0.25) is 4.79 Å². The smallest absolute Gasteiger partial charge is 0.340 e. The lowest BCUT2D eigenvalue weighted by Gasteiger charge is -2.11. The number of rotatable bonds is 5. The standard InChI is InChI=1S/C22H16N2O3/c23-14-16-10-12-17(13-11-16)15-27-22(26)19-8-4-5-9-20(19)24-21(25)18-6-2-1-3-7-18/h1-13H,15H2,(H,24,25). The molecule has 3 rings (SSSR count). The Morgan fingerprint density at radius 1 is 0.889 bits per heavy atom. The van der Waals surface area contributed by atoms with Crippen molar-refractivity contribution in [2.75, 3.05) is 5.32 Å². The number of nitrogens with zero attached hydrogens (tertiary/aromatic N) is 1. The molecule has 0 fully saturated rings. The van der Waals surface area contributed by atoms with Crippen molar-refractivity contribution in [1.29, 1.82) is 5.26 Å². The van der Waals surface area contributed by atoms with Crippen molar-refractivity contribution in [1.82, 2.24) is 0 Å². The quantitative estimate of drug-likeness (QED) is 0.696. The van der Waals surface area contributed by atoms with Crippen molar-refractivity contribution in [2.45, 2.75) is 6.61 Å². The average Bonchev–Trinajstić information content (AvgIpc) is 2.73. The van der Waals surface area contributed by atoms with Crippen LogP contribution in [0.15, 0.2) is 78.9 Å². The van der Waals surface area contributed by atoms with Crippen molar-refractivity contribution in [2.24, 2.45) is 0 Å². The van der Waals surface area contributed by atoms with Crippen LogP contribution in [0.5, 0.6) is 0 Å². The fraction of sp³-hybridized carbons (Fsp3) is 0.0455. The molecule has 0 atom stereocenters. The van der Waals surface area contributed by atoms with Crippen molar-refractivity contribution in [3.63, 3.8) is 0 Å². The minimum atomic E-state index is -0.539. The first kappa shape index (κ1) is 17.9. The van der Waals surface area contributed by atoms with Crippen molar-refractivity contribution < 1.29 is 14.3 Å². The predicted octanol–water partition coefficient (Wildman–Crippen LogP) is 4.17. The summed E-state index contributed by atoms with van der Waals surface area (Å²) in [4.78, 5) is 24.8. The molecule has 0 saturated heterocycles. The highest BCUT2D eigenvalue weighted by molar-refractivity contribution is 6.07. The van der Waals surface area contributed by atoms with Crippen LogP contribution in [0.1, 0.15) is 31.8 Å². The van der Waals surface area contributed by atoms with Gasteiger partial charge in [-0.25, -0.2) is 4.79 Å². The lowest BCUT2D eigenvalue weighted by molar-refractivity contribution is 0.0474. The zero-order chi connectivity index (χ0) is 19.1. The maximum atomic E-state index is 12.5. The molecule has 27 heavy (non-hydrogen) atoms.